The molecule has 27 heavy (non-hydrogen) atoms. The Labute approximate surface area is 161 Å². The molecular weight excluding hydrogens is 370 g/mol. The van der Waals surface area contributed by atoms with Crippen molar-refractivity contribution in [2.75, 3.05) is 31.5 Å². The third-order valence-corrected chi connectivity index (χ3v) is 5.17. The molecule has 0 spiro atoms. The van der Waals surface area contributed by atoms with Gasteiger partial charge in [0.25, 0.3) is 0 Å². The number of nitrogens with one attached hydrogen (secondary N) is 2. The molecule has 0 aliphatic carbocycles. The molecule has 2 aromatic rings. The van der Waals surface area contributed by atoms with Crippen LogP contribution in [0.4, 0.5) is 20.2 Å². The Kier molecular flexibility index (Phi) is 5.48. The summed E-state index contributed by atoms with van der Waals surface area (Å²) in [5, 5.41) is 4.92. The maximum atomic E-state index is 14.7. The number of ether oxygens (including phenoxy) is 1. The highest BCUT2D eigenvalue weighted by molar-refractivity contribution is 7.98. The zero-order valence-electron chi connectivity index (χ0n) is 15.6. The van der Waals surface area contributed by atoms with Crippen molar-refractivity contribution in [1.29, 1.82) is 0 Å². The first-order valence-corrected chi connectivity index (χ1v) is 9.56. The summed E-state index contributed by atoms with van der Waals surface area (Å²) in [6.45, 7) is 1.84. The topological polar surface area (TPSA) is 62.6 Å². The molecule has 8 heteroatoms. The molecule has 5 nitrogen and oxygen atoms in total. The fraction of sp³-hybridized carbons (Fsp3) is 0.263. The Morgan fingerprint density at radius 3 is 2.44 bits per heavy atom. The monoisotopic (exact) mass is 392 g/mol. The van der Waals surface area contributed by atoms with Crippen molar-refractivity contribution in [3.05, 3.63) is 53.4 Å². The summed E-state index contributed by atoms with van der Waals surface area (Å²) in [7, 11) is 3.15. The number of nitrogen functional groups attached to an aromatic ring is 1. The molecule has 0 saturated heterocycles. The van der Waals surface area contributed by atoms with Crippen molar-refractivity contribution in [1.82, 2.24) is 10.4 Å². The van der Waals surface area contributed by atoms with E-state index in [0.29, 0.717) is 22.8 Å². The quantitative estimate of drug-likeness (QED) is 0.530. The second kappa shape index (κ2) is 7.66. The van der Waals surface area contributed by atoms with Crippen molar-refractivity contribution in [2.24, 2.45) is 0 Å². The normalized spacial score (nSPS) is 16.8. The van der Waals surface area contributed by atoms with E-state index in [1.807, 2.05) is 31.4 Å². The van der Waals surface area contributed by atoms with Crippen LogP contribution in [0.3, 0.4) is 0 Å². The predicted molar refractivity (Wildman–Crippen MR) is 106 cm³/mol. The summed E-state index contributed by atoms with van der Waals surface area (Å²) in [6.07, 6.45) is 1.97. The van der Waals surface area contributed by atoms with Crippen LogP contribution in [0.15, 0.2) is 41.0 Å². The van der Waals surface area contributed by atoms with Crippen LogP contribution in [0.25, 0.3) is 5.57 Å². The van der Waals surface area contributed by atoms with Gasteiger partial charge in [-0.1, -0.05) is 0 Å². The highest BCUT2D eigenvalue weighted by atomic mass is 32.2. The lowest BCUT2D eigenvalue weighted by Crippen LogP contribution is -2.34. The van der Waals surface area contributed by atoms with Gasteiger partial charge in [-0.3, -0.25) is 5.01 Å². The van der Waals surface area contributed by atoms with Gasteiger partial charge in [0.05, 0.1) is 30.1 Å². The van der Waals surface area contributed by atoms with E-state index in [-0.39, 0.29) is 17.4 Å². The smallest absolute Gasteiger partial charge is 0.137 e. The highest BCUT2D eigenvalue weighted by Gasteiger charge is 2.31. The standard InChI is InChI=1S/C19H22F2N4OS/c1-10-17(18-13(20)7-11(26-3)8-14(18)21)19(25(2)24-10)23-16-6-5-12(27-4)9-15(16)22/h5-10,23-24H,22H2,1-4H3. The van der Waals surface area contributed by atoms with Gasteiger partial charge >= 0.3 is 0 Å². The minimum absolute atomic E-state index is 0.0954. The minimum Gasteiger partial charge on any atom is -0.497 e. The average Bonchev–Trinajstić information content (AvgIpc) is 2.89. The van der Waals surface area contributed by atoms with Crippen LogP contribution >= 0.6 is 11.8 Å². The summed E-state index contributed by atoms with van der Waals surface area (Å²) < 4.78 is 34.3. The lowest BCUT2D eigenvalue weighted by atomic mass is 9.99. The number of hydrogen-bond donors (Lipinski definition) is 3. The number of nitrogens with zero attached hydrogens (tertiary/aromatic N) is 1. The van der Waals surface area contributed by atoms with Crippen LogP contribution in [-0.4, -0.2) is 31.5 Å². The van der Waals surface area contributed by atoms with Crippen LogP contribution in [-0.2, 0) is 0 Å². The Bertz CT molecular complexity index is 880. The van der Waals surface area contributed by atoms with E-state index in [1.54, 1.807) is 23.8 Å². The molecule has 0 fully saturated rings. The third kappa shape index (κ3) is 3.68. The van der Waals surface area contributed by atoms with Crippen molar-refractivity contribution in [3.63, 3.8) is 0 Å². The molecule has 0 radical (unpaired) electrons. The largest absolute Gasteiger partial charge is 0.497 e. The summed E-state index contributed by atoms with van der Waals surface area (Å²) in [4.78, 5) is 1.03. The van der Waals surface area contributed by atoms with E-state index >= 15 is 0 Å². The molecule has 1 atom stereocenters. The Morgan fingerprint density at radius 2 is 1.89 bits per heavy atom. The molecule has 144 valence electrons. The van der Waals surface area contributed by atoms with E-state index in [2.05, 4.69) is 10.7 Å². The van der Waals surface area contributed by atoms with Crippen LogP contribution in [0.5, 0.6) is 5.75 Å². The summed E-state index contributed by atoms with van der Waals surface area (Å²) in [5.74, 6) is -0.701. The highest BCUT2D eigenvalue weighted by Crippen LogP contribution is 2.36. The molecular formula is C19H22F2N4OS. The van der Waals surface area contributed by atoms with E-state index < -0.39 is 11.6 Å². The summed E-state index contributed by atoms with van der Waals surface area (Å²) >= 11 is 1.59. The number of hydrazine groups is 1. The van der Waals surface area contributed by atoms with Gasteiger partial charge in [-0.25, -0.2) is 14.2 Å². The van der Waals surface area contributed by atoms with Crippen molar-refractivity contribution in [2.45, 2.75) is 17.9 Å². The first-order valence-electron chi connectivity index (χ1n) is 8.33. The van der Waals surface area contributed by atoms with Gasteiger partial charge in [0.2, 0.25) is 0 Å². The fourth-order valence-corrected chi connectivity index (χ4v) is 3.57. The average molecular weight is 392 g/mol. The Hall–Kier alpha value is -2.45. The Morgan fingerprint density at radius 1 is 1.22 bits per heavy atom. The lowest BCUT2D eigenvalue weighted by molar-refractivity contribution is 0.319. The van der Waals surface area contributed by atoms with Crippen molar-refractivity contribution >= 4 is 28.7 Å². The maximum Gasteiger partial charge on any atom is 0.137 e. The van der Waals surface area contributed by atoms with Crippen LogP contribution < -0.4 is 21.2 Å². The van der Waals surface area contributed by atoms with Crippen molar-refractivity contribution < 1.29 is 13.5 Å². The molecule has 1 heterocycles. The van der Waals surface area contributed by atoms with E-state index in [0.717, 1.165) is 4.90 Å². The molecule has 0 aromatic heterocycles. The number of rotatable bonds is 5. The lowest BCUT2D eigenvalue weighted by Gasteiger charge is -2.20. The Balaban J connectivity index is 2.09. The number of anilines is 2. The molecule has 0 bridgehead atoms. The molecule has 0 amide bonds. The number of nitrogens with two attached hydrogens (primary N) is 1. The van der Waals surface area contributed by atoms with E-state index in [9.17, 15) is 8.78 Å². The van der Waals surface area contributed by atoms with Gasteiger partial charge in [0.15, 0.2) is 0 Å². The molecule has 1 aliphatic heterocycles. The number of halogens is 2. The first-order chi connectivity index (χ1) is 12.8. The van der Waals surface area contributed by atoms with Crippen LogP contribution in [0.1, 0.15) is 12.5 Å². The molecule has 1 aliphatic rings. The SMILES string of the molecule is COc1cc(F)c(C2=C(Nc3ccc(SC)cc3N)N(C)NC2C)c(F)c1. The number of hydrogen-bond acceptors (Lipinski definition) is 6. The number of methoxy groups -OCH3 is 1. The van der Waals surface area contributed by atoms with Gasteiger partial charge in [-0.2, -0.15) is 0 Å². The van der Waals surface area contributed by atoms with Gasteiger partial charge in [0, 0.05) is 29.6 Å². The van der Waals surface area contributed by atoms with Gasteiger partial charge in [0.1, 0.15) is 23.2 Å². The first kappa shape index (κ1) is 19.3. The number of thioether (sulfide) groups is 1. The fourth-order valence-electron chi connectivity index (χ4n) is 3.13. The van der Waals surface area contributed by atoms with Gasteiger partial charge in [-0.05, 0) is 31.4 Å². The van der Waals surface area contributed by atoms with Gasteiger partial charge in [-0.15, -0.1) is 11.8 Å². The maximum absolute atomic E-state index is 14.7. The molecule has 1 unspecified atom stereocenters. The molecule has 2 aromatic carbocycles. The molecule has 3 rings (SSSR count). The van der Waals surface area contributed by atoms with Gasteiger partial charge < -0.3 is 15.8 Å². The summed E-state index contributed by atoms with van der Waals surface area (Å²) in [5.41, 5.74) is 10.9. The van der Waals surface area contributed by atoms with Crippen LogP contribution in [0, 0.1) is 11.6 Å². The van der Waals surface area contributed by atoms with Crippen molar-refractivity contribution in [3.8, 4) is 5.75 Å². The van der Waals surface area contributed by atoms with E-state index in [4.69, 9.17) is 10.5 Å². The molecule has 4 N–H and O–H groups in total. The number of benzene rings is 2. The minimum atomic E-state index is -0.684. The third-order valence-electron chi connectivity index (χ3n) is 4.44. The van der Waals surface area contributed by atoms with Crippen LogP contribution in [0.2, 0.25) is 0 Å². The zero-order chi connectivity index (χ0) is 19.7. The summed E-state index contributed by atoms with van der Waals surface area (Å²) in [6, 6.07) is 7.69. The zero-order valence-corrected chi connectivity index (χ0v) is 16.4. The second-order valence-corrected chi connectivity index (χ2v) is 7.10. The predicted octanol–water partition coefficient (Wildman–Crippen LogP) is 3.90. The molecule has 0 saturated carbocycles. The second-order valence-electron chi connectivity index (χ2n) is 6.22. The van der Waals surface area contributed by atoms with E-state index in [1.165, 1.54) is 19.2 Å².